The van der Waals surface area contributed by atoms with Gasteiger partial charge < -0.3 is 19.2 Å². The normalized spacial score (nSPS) is 14.6. The molecule has 0 unspecified atom stereocenters. The number of nitrogens with zero attached hydrogens (tertiary/aromatic N) is 3. The smallest absolute Gasteiger partial charge is 0.332 e. The summed E-state index contributed by atoms with van der Waals surface area (Å²) in [7, 11) is 0. The number of oxime groups is 2. The Hall–Kier alpha value is -4.11. The number of H-pyrrole nitrogens is 1. The minimum Gasteiger partial charge on any atom is -0.360 e. The average molecular weight is 627 g/mol. The zero-order valence-electron chi connectivity index (χ0n) is 26.4. The van der Waals surface area contributed by atoms with Crippen molar-refractivity contribution in [2.75, 3.05) is 0 Å². The molecule has 2 aromatic carbocycles. The Kier molecular flexibility index (Phi) is 11.3. The molecular weight excluding hydrogens is 584 g/mol. The van der Waals surface area contributed by atoms with E-state index in [1.54, 1.807) is 6.20 Å². The molecule has 5 rings (SSSR count). The Balaban J connectivity index is 1.56. The summed E-state index contributed by atoms with van der Waals surface area (Å²) in [6.07, 6.45) is 15.4. The highest BCUT2D eigenvalue weighted by Gasteiger charge is 2.19. The topological polar surface area (TPSA) is 98.0 Å². The first kappa shape index (κ1) is 32.3. The number of nitrogens with one attached hydrogen (secondary N) is 1. The number of hydrogen-bond acceptors (Lipinski definition) is 7. The van der Waals surface area contributed by atoms with Gasteiger partial charge in [-0.1, -0.05) is 74.0 Å². The highest BCUT2D eigenvalue weighted by atomic mass is 32.2. The van der Waals surface area contributed by atoms with Gasteiger partial charge in [0.15, 0.2) is 0 Å². The van der Waals surface area contributed by atoms with Crippen LogP contribution < -0.4 is 0 Å². The fourth-order valence-corrected chi connectivity index (χ4v) is 7.07. The van der Waals surface area contributed by atoms with Crippen LogP contribution in [0.5, 0.6) is 0 Å². The summed E-state index contributed by atoms with van der Waals surface area (Å²) in [4.78, 5) is 37.9. The Morgan fingerprint density at radius 2 is 1.69 bits per heavy atom. The van der Waals surface area contributed by atoms with Crippen molar-refractivity contribution in [3.63, 3.8) is 0 Å². The fraction of sp³-hybridized carbons (Fsp3) is 0.389. The molecule has 2 heterocycles. The van der Waals surface area contributed by atoms with Crippen molar-refractivity contribution in [1.29, 1.82) is 0 Å². The molecule has 8 nitrogen and oxygen atoms in total. The first-order chi connectivity index (χ1) is 21.9. The molecule has 0 atom stereocenters. The third-order valence-electron chi connectivity index (χ3n) is 8.03. The predicted molar refractivity (Wildman–Crippen MR) is 181 cm³/mol. The Morgan fingerprint density at radius 3 is 2.38 bits per heavy atom. The van der Waals surface area contributed by atoms with Crippen LogP contribution in [0, 0.1) is 0 Å². The standard InChI is InChI=1S/C36H42N4O4S/c1-4-5-6-10-14-33(38-43-25(2)41)32-24-40(35-23-30(20-21-31(32)35)45-29-12-8-7-9-13-29)28-18-16-27(17-19-28)36(39-44-26(3)42)34-15-11-22-37-34/h11,15-24,29,37H,4-10,12-14H2,1-3H3/b38-33+,39-36-. The SMILES string of the molecule is CCCCCC/C(=N\OC(C)=O)c1cn(-c2ccc(/C(=N/OC(C)=O)c3ccc[nH]3)cc2)c2cc(SC3CCCCC3)ccc12. The van der Waals surface area contributed by atoms with Gasteiger partial charge in [-0.15, -0.1) is 11.8 Å². The number of fused-ring (bicyclic) bond motifs is 1. The van der Waals surface area contributed by atoms with Crippen LogP contribution in [0.15, 0.2) is 82.2 Å². The van der Waals surface area contributed by atoms with E-state index in [1.807, 2.05) is 48.2 Å². The van der Waals surface area contributed by atoms with Crippen LogP contribution in [0.2, 0.25) is 0 Å². The molecule has 236 valence electrons. The Labute approximate surface area is 269 Å². The molecule has 0 spiro atoms. The zero-order chi connectivity index (χ0) is 31.6. The van der Waals surface area contributed by atoms with Gasteiger partial charge in [-0.2, -0.15) is 0 Å². The summed E-state index contributed by atoms with van der Waals surface area (Å²) in [5, 5.41) is 10.2. The minimum atomic E-state index is -0.482. The molecule has 2 aromatic heterocycles. The van der Waals surface area contributed by atoms with Gasteiger partial charge in [-0.3, -0.25) is 0 Å². The van der Waals surface area contributed by atoms with E-state index >= 15 is 0 Å². The molecular formula is C36H42N4O4S. The van der Waals surface area contributed by atoms with E-state index in [2.05, 4.69) is 51.2 Å². The van der Waals surface area contributed by atoms with Gasteiger partial charge in [0.2, 0.25) is 0 Å². The molecule has 0 saturated heterocycles. The number of unbranched alkanes of at least 4 members (excludes halogenated alkanes) is 3. The lowest BCUT2D eigenvalue weighted by Gasteiger charge is -2.21. The molecule has 4 aromatic rings. The van der Waals surface area contributed by atoms with Crippen molar-refractivity contribution in [3.8, 4) is 5.69 Å². The van der Waals surface area contributed by atoms with Crippen LogP contribution in [-0.4, -0.2) is 38.2 Å². The van der Waals surface area contributed by atoms with Crippen LogP contribution in [0.4, 0.5) is 0 Å². The number of thioether (sulfide) groups is 1. The second-order valence-corrected chi connectivity index (χ2v) is 12.9. The maximum Gasteiger partial charge on any atom is 0.332 e. The van der Waals surface area contributed by atoms with E-state index in [9.17, 15) is 9.59 Å². The highest BCUT2D eigenvalue weighted by molar-refractivity contribution is 8.00. The number of carbonyl (C=O) groups excluding carboxylic acids is 2. The summed E-state index contributed by atoms with van der Waals surface area (Å²) in [5.41, 5.74) is 5.86. The largest absolute Gasteiger partial charge is 0.360 e. The first-order valence-electron chi connectivity index (χ1n) is 16.0. The van der Waals surface area contributed by atoms with Crippen molar-refractivity contribution in [2.24, 2.45) is 10.3 Å². The minimum absolute atomic E-state index is 0.431. The number of aromatic nitrogens is 2. The van der Waals surface area contributed by atoms with Gasteiger partial charge in [0, 0.05) is 58.6 Å². The molecule has 0 amide bonds. The molecule has 1 aliphatic carbocycles. The Morgan fingerprint density at radius 1 is 0.933 bits per heavy atom. The van der Waals surface area contributed by atoms with Crippen molar-refractivity contribution in [3.05, 3.63) is 83.8 Å². The molecule has 1 fully saturated rings. The van der Waals surface area contributed by atoms with Crippen molar-refractivity contribution >= 4 is 46.0 Å². The van der Waals surface area contributed by atoms with Crippen LogP contribution in [0.1, 0.15) is 102 Å². The third-order valence-corrected chi connectivity index (χ3v) is 9.36. The van der Waals surface area contributed by atoms with Gasteiger partial charge in [0.05, 0.1) is 16.9 Å². The maximum absolute atomic E-state index is 11.8. The lowest BCUT2D eigenvalue weighted by Crippen LogP contribution is -2.07. The van der Waals surface area contributed by atoms with Crippen LogP contribution >= 0.6 is 11.8 Å². The van der Waals surface area contributed by atoms with Crippen LogP contribution in [-0.2, 0) is 19.3 Å². The monoisotopic (exact) mass is 626 g/mol. The van der Waals surface area contributed by atoms with Gasteiger partial charge in [0.25, 0.3) is 0 Å². The molecule has 1 N–H and O–H groups in total. The number of carbonyl (C=O) groups is 2. The quantitative estimate of drug-likeness (QED) is 0.0691. The summed E-state index contributed by atoms with van der Waals surface area (Å²) < 4.78 is 2.19. The maximum atomic E-state index is 11.8. The van der Waals surface area contributed by atoms with E-state index in [0.717, 1.165) is 71.2 Å². The Bertz CT molecular complexity index is 1650. The van der Waals surface area contributed by atoms with E-state index < -0.39 is 11.9 Å². The summed E-state index contributed by atoms with van der Waals surface area (Å²) in [6.45, 7) is 4.90. The van der Waals surface area contributed by atoms with Crippen LogP contribution in [0.25, 0.3) is 16.6 Å². The van der Waals surface area contributed by atoms with E-state index in [1.165, 1.54) is 50.8 Å². The van der Waals surface area contributed by atoms with E-state index in [4.69, 9.17) is 9.68 Å². The lowest BCUT2D eigenvalue weighted by atomic mass is 10.0. The third kappa shape index (κ3) is 8.54. The predicted octanol–water partition coefficient (Wildman–Crippen LogP) is 8.94. The second kappa shape index (κ2) is 15.8. The van der Waals surface area contributed by atoms with Gasteiger partial charge in [-0.05, 0) is 62.1 Å². The molecule has 1 saturated carbocycles. The summed E-state index contributed by atoms with van der Waals surface area (Å²) in [5.74, 6) is -0.912. The number of rotatable bonds is 13. The van der Waals surface area contributed by atoms with Crippen LogP contribution in [0.3, 0.4) is 0 Å². The lowest BCUT2D eigenvalue weighted by molar-refractivity contribution is -0.141. The second-order valence-electron chi connectivity index (χ2n) is 11.6. The number of hydrogen-bond donors (Lipinski definition) is 1. The van der Waals surface area contributed by atoms with Crippen molar-refractivity contribution in [1.82, 2.24) is 9.55 Å². The van der Waals surface area contributed by atoms with E-state index in [-0.39, 0.29) is 0 Å². The van der Waals surface area contributed by atoms with E-state index in [0.29, 0.717) is 11.0 Å². The zero-order valence-corrected chi connectivity index (χ0v) is 27.2. The highest BCUT2D eigenvalue weighted by Crippen LogP contribution is 2.37. The first-order valence-corrected chi connectivity index (χ1v) is 16.9. The molecule has 45 heavy (non-hydrogen) atoms. The number of aromatic amines is 1. The summed E-state index contributed by atoms with van der Waals surface area (Å²) in [6, 6.07) is 18.5. The van der Waals surface area contributed by atoms with Crippen molar-refractivity contribution < 1.29 is 19.3 Å². The van der Waals surface area contributed by atoms with Gasteiger partial charge >= 0.3 is 11.9 Å². The van der Waals surface area contributed by atoms with Gasteiger partial charge in [0.1, 0.15) is 5.71 Å². The fourth-order valence-electron chi connectivity index (χ4n) is 5.79. The molecule has 0 aliphatic heterocycles. The molecule has 1 aliphatic rings. The molecule has 0 radical (unpaired) electrons. The molecule has 9 heteroatoms. The average Bonchev–Trinajstić information content (AvgIpc) is 3.70. The summed E-state index contributed by atoms with van der Waals surface area (Å²) >= 11 is 1.97. The number of benzene rings is 2. The molecule has 0 bridgehead atoms. The van der Waals surface area contributed by atoms with Crippen molar-refractivity contribution in [2.45, 2.75) is 95.1 Å². The van der Waals surface area contributed by atoms with Gasteiger partial charge in [-0.25, -0.2) is 9.59 Å².